The van der Waals surface area contributed by atoms with E-state index in [1.54, 1.807) is 6.33 Å². The summed E-state index contributed by atoms with van der Waals surface area (Å²) in [6.07, 6.45) is 1.54. The molecule has 0 aliphatic heterocycles. The summed E-state index contributed by atoms with van der Waals surface area (Å²) < 4.78 is 0. The number of nitrogens with zero attached hydrogens (tertiary/aromatic N) is 2. The minimum Gasteiger partial charge on any atom is -0.304 e. The molecule has 0 aliphatic rings. The number of aryl methyl sites for hydroxylation is 2. The molecule has 0 bridgehead atoms. The third-order valence-corrected chi connectivity index (χ3v) is 2.85. The Bertz CT molecular complexity index is 476. The van der Waals surface area contributed by atoms with Gasteiger partial charge in [0, 0.05) is 0 Å². The molecule has 1 heterocycles. The van der Waals surface area contributed by atoms with Gasteiger partial charge in [-0.2, -0.15) is 5.10 Å². The molecule has 1 atom stereocenters. The van der Waals surface area contributed by atoms with E-state index in [0.717, 1.165) is 12.4 Å². The second kappa shape index (κ2) is 5.10. The number of hydrogen-bond acceptors (Lipinski definition) is 3. The topological polar surface area (TPSA) is 53.6 Å². The zero-order chi connectivity index (χ0) is 12.3. The summed E-state index contributed by atoms with van der Waals surface area (Å²) in [6.45, 7) is 7.21. The quantitative estimate of drug-likeness (QED) is 0.846. The van der Waals surface area contributed by atoms with Crippen LogP contribution in [0.25, 0.3) is 0 Å². The molecule has 0 saturated carbocycles. The first kappa shape index (κ1) is 11.8. The van der Waals surface area contributed by atoms with Gasteiger partial charge in [0.25, 0.3) is 0 Å². The molecule has 0 amide bonds. The summed E-state index contributed by atoms with van der Waals surface area (Å²) >= 11 is 0. The van der Waals surface area contributed by atoms with Crippen LogP contribution in [0, 0.1) is 13.8 Å². The lowest BCUT2D eigenvalue weighted by Gasteiger charge is -2.18. The minimum absolute atomic E-state index is 0.0862. The van der Waals surface area contributed by atoms with Gasteiger partial charge in [-0.1, -0.05) is 30.7 Å². The summed E-state index contributed by atoms with van der Waals surface area (Å²) in [4.78, 5) is 4.25. The van der Waals surface area contributed by atoms with Crippen molar-refractivity contribution in [3.05, 3.63) is 47.0 Å². The molecule has 1 unspecified atom stereocenters. The molecule has 2 aromatic rings. The van der Waals surface area contributed by atoms with Gasteiger partial charge in [0.1, 0.15) is 12.2 Å². The number of nitrogens with one attached hydrogen (secondary N) is 2. The van der Waals surface area contributed by atoms with Crippen molar-refractivity contribution in [1.82, 2.24) is 20.5 Å². The van der Waals surface area contributed by atoms with E-state index in [2.05, 4.69) is 59.5 Å². The van der Waals surface area contributed by atoms with E-state index in [0.29, 0.717) is 0 Å². The maximum absolute atomic E-state index is 4.25. The first-order chi connectivity index (χ1) is 8.22. The zero-order valence-electron chi connectivity index (χ0n) is 10.5. The zero-order valence-corrected chi connectivity index (χ0v) is 10.5. The highest BCUT2D eigenvalue weighted by molar-refractivity contribution is 5.35. The number of hydrogen-bond donors (Lipinski definition) is 2. The normalized spacial score (nSPS) is 12.6. The Kier molecular flexibility index (Phi) is 3.54. The molecule has 0 spiro atoms. The third-order valence-electron chi connectivity index (χ3n) is 2.85. The van der Waals surface area contributed by atoms with Crippen LogP contribution in [0.4, 0.5) is 0 Å². The largest absolute Gasteiger partial charge is 0.304 e. The summed E-state index contributed by atoms with van der Waals surface area (Å²) in [5, 5.41) is 10.3. The van der Waals surface area contributed by atoms with Crippen LogP contribution in [0.15, 0.2) is 24.5 Å². The van der Waals surface area contributed by atoms with Gasteiger partial charge < -0.3 is 5.32 Å². The number of rotatable bonds is 4. The van der Waals surface area contributed by atoms with Gasteiger partial charge >= 0.3 is 0 Å². The van der Waals surface area contributed by atoms with Crippen molar-refractivity contribution in [2.24, 2.45) is 0 Å². The van der Waals surface area contributed by atoms with Crippen LogP contribution in [-0.2, 0) is 0 Å². The van der Waals surface area contributed by atoms with Gasteiger partial charge in [0.15, 0.2) is 0 Å². The Morgan fingerprint density at radius 1 is 1.35 bits per heavy atom. The molecule has 17 heavy (non-hydrogen) atoms. The highest BCUT2D eigenvalue weighted by atomic mass is 15.2. The van der Waals surface area contributed by atoms with Crippen LogP contribution in [-0.4, -0.2) is 21.7 Å². The highest BCUT2D eigenvalue weighted by Crippen LogP contribution is 2.22. The second-order valence-electron chi connectivity index (χ2n) is 4.22. The predicted octanol–water partition coefficient (Wildman–Crippen LogP) is 2.12. The molecule has 0 fully saturated rings. The number of aromatic nitrogens is 3. The van der Waals surface area contributed by atoms with Gasteiger partial charge in [-0.15, -0.1) is 0 Å². The fourth-order valence-corrected chi connectivity index (χ4v) is 2.06. The number of aromatic amines is 1. The van der Waals surface area contributed by atoms with E-state index < -0.39 is 0 Å². The first-order valence-electron chi connectivity index (χ1n) is 5.88. The maximum atomic E-state index is 4.25. The van der Waals surface area contributed by atoms with Crippen molar-refractivity contribution in [2.45, 2.75) is 26.8 Å². The van der Waals surface area contributed by atoms with Crippen LogP contribution >= 0.6 is 0 Å². The van der Waals surface area contributed by atoms with Gasteiger partial charge in [-0.25, -0.2) is 4.98 Å². The Balaban J connectivity index is 2.39. The van der Waals surface area contributed by atoms with E-state index >= 15 is 0 Å². The third kappa shape index (κ3) is 2.53. The molecule has 4 nitrogen and oxygen atoms in total. The van der Waals surface area contributed by atoms with E-state index in [4.69, 9.17) is 0 Å². The molecule has 0 radical (unpaired) electrons. The summed E-state index contributed by atoms with van der Waals surface area (Å²) in [5.74, 6) is 0.860. The van der Waals surface area contributed by atoms with Gasteiger partial charge in [0.2, 0.25) is 0 Å². The van der Waals surface area contributed by atoms with Crippen LogP contribution in [0.2, 0.25) is 0 Å². The molecule has 4 heteroatoms. The van der Waals surface area contributed by atoms with Crippen LogP contribution < -0.4 is 5.32 Å². The minimum atomic E-state index is 0.0862. The van der Waals surface area contributed by atoms with Gasteiger partial charge in [-0.3, -0.25) is 5.10 Å². The van der Waals surface area contributed by atoms with E-state index in [1.165, 1.54) is 16.7 Å². The van der Waals surface area contributed by atoms with E-state index in [9.17, 15) is 0 Å². The Morgan fingerprint density at radius 3 is 2.76 bits per heavy atom. The summed E-state index contributed by atoms with van der Waals surface area (Å²) in [7, 11) is 0. The van der Waals surface area contributed by atoms with Crippen molar-refractivity contribution in [3.8, 4) is 0 Å². The number of benzene rings is 1. The monoisotopic (exact) mass is 230 g/mol. The Labute approximate surface area is 101 Å². The highest BCUT2D eigenvalue weighted by Gasteiger charge is 2.17. The SMILES string of the molecule is CCNC(c1ncn[nH]1)c1ccc(C)cc1C. The molecule has 1 aromatic heterocycles. The average Bonchev–Trinajstić information content (AvgIpc) is 2.80. The first-order valence-corrected chi connectivity index (χ1v) is 5.88. The van der Waals surface area contributed by atoms with Gasteiger partial charge in [0.05, 0.1) is 6.04 Å². The fraction of sp³-hybridized carbons (Fsp3) is 0.385. The van der Waals surface area contributed by atoms with Crippen molar-refractivity contribution in [3.63, 3.8) is 0 Å². The molecular formula is C13H18N4. The lowest BCUT2D eigenvalue weighted by Crippen LogP contribution is -2.24. The Morgan fingerprint density at radius 2 is 2.18 bits per heavy atom. The van der Waals surface area contributed by atoms with Crippen molar-refractivity contribution in [2.75, 3.05) is 6.54 Å². The van der Waals surface area contributed by atoms with E-state index in [-0.39, 0.29) is 6.04 Å². The number of H-pyrrole nitrogens is 1. The molecule has 90 valence electrons. The van der Waals surface area contributed by atoms with Crippen LogP contribution in [0.3, 0.4) is 0 Å². The maximum Gasteiger partial charge on any atom is 0.145 e. The lowest BCUT2D eigenvalue weighted by molar-refractivity contribution is 0.597. The summed E-state index contributed by atoms with van der Waals surface area (Å²) in [6, 6.07) is 6.56. The van der Waals surface area contributed by atoms with Gasteiger partial charge in [-0.05, 0) is 31.5 Å². The van der Waals surface area contributed by atoms with Crippen LogP contribution in [0.1, 0.15) is 35.5 Å². The smallest absolute Gasteiger partial charge is 0.145 e. The predicted molar refractivity (Wildman–Crippen MR) is 67.8 cm³/mol. The molecule has 0 aliphatic carbocycles. The van der Waals surface area contributed by atoms with Crippen molar-refractivity contribution >= 4 is 0 Å². The van der Waals surface area contributed by atoms with Crippen molar-refractivity contribution < 1.29 is 0 Å². The lowest BCUT2D eigenvalue weighted by atomic mass is 9.99. The molecule has 0 saturated heterocycles. The molecule has 2 N–H and O–H groups in total. The Hall–Kier alpha value is -1.68. The van der Waals surface area contributed by atoms with E-state index in [1.807, 2.05) is 0 Å². The molecule has 1 aromatic carbocycles. The van der Waals surface area contributed by atoms with Crippen molar-refractivity contribution in [1.29, 1.82) is 0 Å². The standard InChI is InChI=1S/C13H18N4/c1-4-14-12(13-15-8-16-17-13)11-6-5-9(2)7-10(11)3/h5-8,12,14H,4H2,1-3H3,(H,15,16,17). The fourth-order valence-electron chi connectivity index (χ4n) is 2.06. The molecular weight excluding hydrogens is 212 g/mol. The molecule has 2 rings (SSSR count). The average molecular weight is 230 g/mol. The summed E-state index contributed by atoms with van der Waals surface area (Å²) in [5.41, 5.74) is 3.79. The second-order valence-corrected chi connectivity index (χ2v) is 4.22. The van der Waals surface area contributed by atoms with Crippen LogP contribution in [0.5, 0.6) is 0 Å².